The number of nitrogens with zero attached hydrogens (tertiary/aromatic N) is 4. The lowest BCUT2D eigenvalue weighted by molar-refractivity contribution is 0.760. The normalized spacial score (nSPS) is 11.0. The van der Waals surface area contributed by atoms with Crippen LogP contribution < -0.4 is 0 Å². The maximum Gasteiger partial charge on any atom is 0.164 e. The molecule has 1 heterocycles. The van der Waals surface area contributed by atoms with E-state index in [-0.39, 0.29) is 5.84 Å². The van der Waals surface area contributed by atoms with Crippen molar-refractivity contribution in [2.75, 3.05) is 25.7 Å². The van der Waals surface area contributed by atoms with E-state index in [4.69, 9.17) is 22.3 Å². The lowest BCUT2D eigenvalue weighted by Crippen LogP contribution is -2.31. The van der Waals surface area contributed by atoms with Crippen molar-refractivity contribution in [3.05, 3.63) is 29.6 Å². The van der Waals surface area contributed by atoms with Crippen LogP contribution in [0.1, 0.15) is 17.7 Å². The van der Waals surface area contributed by atoms with Crippen LogP contribution in [-0.2, 0) is 0 Å². The van der Waals surface area contributed by atoms with Crippen molar-refractivity contribution in [3.63, 3.8) is 0 Å². The summed E-state index contributed by atoms with van der Waals surface area (Å²) in [6.45, 7) is 0. The van der Waals surface area contributed by atoms with E-state index in [1.807, 2.05) is 6.07 Å². The topological polar surface area (TPSA) is 76.1 Å². The van der Waals surface area contributed by atoms with Crippen LogP contribution >= 0.6 is 23.4 Å². The van der Waals surface area contributed by atoms with E-state index >= 15 is 0 Å². The van der Waals surface area contributed by atoms with Crippen molar-refractivity contribution in [1.82, 2.24) is 9.88 Å². The number of thioether (sulfide) groups is 1. The number of aromatic nitrogens is 1. The lowest BCUT2D eigenvalue weighted by Gasteiger charge is -2.21. The number of hydrogen-bond donors (Lipinski definition) is 1. The monoisotopic (exact) mass is 309 g/mol. The fourth-order valence-corrected chi connectivity index (χ4v) is 2.64. The van der Waals surface area contributed by atoms with E-state index in [2.05, 4.69) is 9.98 Å². The summed E-state index contributed by atoms with van der Waals surface area (Å²) in [5.74, 6) is 1.75. The van der Waals surface area contributed by atoms with Crippen LogP contribution in [0.2, 0.25) is 0 Å². The van der Waals surface area contributed by atoms with Gasteiger partial charge in [0.2, 0.25) is 0 Å². The number of alkyl halides is 1. The Balaban J connectivity index is 2.81. The number of nitriles is 1. The first kappa shape index (κ1) is 16.5. The van der Waals surface area contributed by atoms with Gasteiger partial charge in [-0.15, -0.1) is 11.6 Å². The van der Waals surface area contributed by atoms with Crippen LogP contribution in [0.5, 0.6) is 0 Å². The second-order valence-corrected chi connectivity index (χ2v) is 5.29. The Labute approximate surface area is 128 Å². The average molecular weight is 310 g/mol. The molecule has 0 atom stereocenters. The summed E-state index contributed by atoms with van der Waals surface area (Å²) in [6, 6.07) is 5.27. The van der Waals surface area contributed by atoms with Crippen molar-refractivity contribution < 1.29 is 0 Å². The lowest BCUT2D eigenvalue weighted by atomic mass is 10.2. The van der Waals surface area contributed by atoms with Crippen molar-refractivity contribution in [3.8, 4) is 6.07 Å². The molecule has 1 aromatic heterocycles. The summed E-state index contributed by atoms with van der Waals surface area (Å²) in [6.07, 6.45) is 2.42. The zero-order chi connectivity index (χ0) is 15.0. The molecular formula is C13H16ClN5S. The van der Waals surface area contributed by atoms with Crippen molar-refractivity contribution in [2.24, 2.45) is 4.99 Å². The van der Waals surface area contributed by atoms with E-state index in [1.54, 1.807) is 42.9 Å². The Morgan fingerprint density at radius 1 is 1.65 bits per heavy atom. The van der Waals surface area contributed by atoms with Gasteiger partial charge in [0.25, 0.3) is 0 Å². The Kier molecular flexibility index (Phi) is 7.05. The number of amidine groups is 2. The van der Waals surface area contributed by atoms with Gasteiger partial charge in [0.15, 0.2) is 5.17 Å². The van der Waals surface area contributed by atoms with Gasteiger partial charge in [-0.05, 0) is 18.6 Å². The molecule has 0 fully saturated rings. The van der Waals surface area contributed by atoms with Crippen LogP contribution in [0.15, 0.2) is 23.3 Å². The zero-order valence-corrected chi connectivity index (χ0v) is 13.0. The maximum absolute atomic E-state index is 8.84. The summed E-state index contributed by atoms with van der Waals surface area (Å²) >= 11 is 7.21. The van der Waals surface area contributed by atoms with E-state index in [1.165, 1.54) is 6.20 Å². The molecule has 0 aliphatic rings. The van der Waals surface area contributed by atoms with E-state index in [9.17, 15) is 0 Å². The van der Waals surface area contributed by atoms with Crippen LogP contribution in [0, 0.1) is 16.7 Å². The van der Waals surface area contributed by atoms with Gasteiger partial charge in [0.05, 0.1) is 0 Å². The SMILES string of the molecule is C/N=C(/SCCCCl)N(C)C(=N)c1ccnc(C#N)c1. The largest absolute Gasteiger partial charge is 0.309 e. The Morgan fingerprint density at radius 3 is 3.00 bits per heavy atom. The Bertz CT molecular complexity index is 538. The highest BCUT2D eigenvalue weighted by Crippen LogP contribution is 2.13. The molecule has 0 aliphatic heterocycles. The molecular weight excluding hydrogens is 294 g/mol. The fourth-order valence-electron chi connectivity index (χ4n) is 1.46. The van der Waals surface area contributed by atoms with Gasteiger partial charge in [-0.2, -0.15) is 5.26 Å². The van der Waals surface area contributed by atoms with Crippen LogP contribution in [-0.4, -0.2) is 46.6 Å². The first-order valence-electron chi connectivity index (χ1n) is 5.98. The van der Waals surface area contributed by atoms with Gasteiger partial charge in [-0.3, -0.25) is 10.4 Å². The third kappa shape index (κ3) is 4.51. The van der Waals surface area contributed by atoms with Gasteiger partial charge in [-0.1, -0.05) is 11.8 Å². The van der Waals surface area contributed by atoms with Gasteiger partial charge in [-0.25, -0.2) is 4.98 Å². The minimum absolute atomic E-state index is 0.280. The molecule has 0 bridgehead atoms. The molecule has 106 valence electrons. The number of pyridine rings is 1. The second-order valence-electron chi connectivity index (χ2n) is 3.85. The van der Waals surface area contributed by atoms with Crippen LogP contribution in [0.25, 0.3) is 0 Å². The third-order valence-electron chi connectivity index (χ3n) is 2.47. The Hall–Kier alpha value is -1.58. The van der Waals surface area contributed by atoms with E-state index < -0.39 is 0 Å². The van der Waals surface area contributed by atoms with Crippen molar-refractivity contribution in [1.29, 1.82) is 10.7 Å². The predicted molar refractivity (Wildman–Crippen MR) is 84.7 cm³/mol. The smallest absolute Gasteiger partial charge is 0.164 e. The third-order valence-corrected chi connectivity index (χ3v) is 3.95. The molecule has 0 aliphatic carbocycles. The summed E-state index contributed by atoms with van der Waals surface area (Å²) in [4.78, 5) is 9.78. The van der Waals surface area contributed by atoms with Crippen LogP contribution in [0.3, 0.4) is 0 Å². The maximum atomic E-state index is 8.84. The molecule has 5 nitrogen and oxygen atoms in total. The summed E-state index contributed by atoms with van der Waals surface area (Å²) < 4.78 is 0. The number of halogens is 1. The molecule has 0 saturated carbocycles. The highest BCUT2D eigenvalue weighted by molar-refractivity contribution is 8.13. The highest BCUT2D eigenvalue weighted by Gasteiger charge is 2.14. The van der Waals surface area contributed by atoms with Gasteiger partial charge < -0.3 is 4.90 Å². The summed E-state index contributed by atoms with van der Waals surface area (Å²) in [5.41, 5.74) is 0.934. The minimum Gasteiger partial charge on any atom is -0.309 e. The summed E-state index contributed by atoms with van der Waals surface area (Å²) in [7, 11) is 3.48. The standard InChI is InChI=1S/C13H16ClN5S/c1-17-13(20-7-3-5-14)19(2)12(16)10-4-6-18-11(8-10)9-15/h4,6,8,16H,3,5,7H2,1-2H3/b16-12?,17-13+. The molecule has 0 aromatic carbocycles. The average Bonchev–Trinajstić information content (AvgIpc) is 2.50. The number of rotatable bonds is 4. The van der Waals surface area contributed by atoms with Gasteiger partial charge >= 0.3 is 0 Å². The molecule has 20 heavy (non-hydrogen) atoms. The molecule has 1 rings (SSSR count). The van der Waals surface area contributed by atoms with Crippen LogP contribution in [0.4, 0.5) is 0 Å². The second kappa shape index (κ2) is 8.56. The Morgan fingerprint density at radius 2 is 2.40 bits per heavy atom. The van der Waals surface area contributed by atoms with Crippen molar-refractivity contribution in [2.45, 2.75) is 6.42 Å². The molecule has 1 N–H and O–H groups in total. The molecule has 7 heteroatoms. The van der Waals surface area contributed by atoms with Gasteiger partial charge in [0.1, 0.15) is 17.6 Å². The molecule has 0 amide bonds. The zero-order valence-electron chi connectivity index (χ0n) is 11.4. The number of nitrogens with one attached hydrogen (secondary N) is 1. The van der Waals surface area contributed by atoms with Crippen molar-refractivity contribution >= 4 is 34.4 Å². The molecule has 0 radical (unpaired) electrons. The quantitative estimate of drug-likeness (QED) is 0.401. The minimum atomic E-state index is 0.280. The first-order chi connectivity index (χ1) is 9.63. The highest BCUT2D eigenvalue weighted by atomic mass is 35.5. The van der Waals surface area contributed by atoms with E-state index in [0.717, 1.165) is 17.3 Å². The first-order valence-corrected chi connectivity index (χ1v) is 7.50. The van der Waals surface area contributed by atoms with Gasteiger partial charge in [0, 0.05) is 37.5 Å². The summed E-state index contributed by atoms with van der Waals surface area (Å²) in [5, 5.41) is 17.8. The molecule has 0 unspecified atom stereocenters. The fraction of sp³-hybridized carbons (Fsp3) is 0.385. The number of aliphatic imine (C=N–C) groups is 1. The van der Waals surface area contributed by atoms with E-state index in [0.29, 0.717) is 17.1 Å². The molecule has 0 spiro atoms. The molecule has 0 saturated heterocycles. The number of hydrogen-bond acceptors (Lipinski definition) is 5. The molecule has 1 aromatic rings. The predicted octanol–water partition coefficient (Wildman–Crippen LogP) is 2.56.